The van der Waals surface area contributed by atoms with E-state index in [-0.39, 0.29) is 6.61 Å². The molecule has 8 heteroatoms. The number of hydrogen-bond donors (Lipinski definition) is 1. The van der Waals surface area contributed by atoms with Crippen molar-refractivity contribution in [2.24, 2.45) is 0 Å². The molecule has 2 unspecified atom stereocenters. The van der Waals surface area contributed by atoms with Crippen molar-refractivity contribution < 1.29 is 23.9 Å². The van der Waals surface area contributed by atoms with E-state index in [1.165, 1.54) is 0 Å². The average molecular weight is 320 g/mol. The van der Waals surface area contributed by atoms with Crippen LogP contribution in [0.4, 0.5) is 0 Å². The largest absolute Gasteiger partial charge is 0.463 e. The standard InChI is InChI=1S/C14H12N2O5S/c1-2-20-13(19)10-11(9(17)12(18)21-10)22-14-15-7-5-3-4-6-8(7)16-14/h3-6,10-11H,2H2,1H3,(H,15,16). The molecule has 1 aliphatic rings. The third-order valence-electron chi connectivity index (χ3n) is 3.09. The maximum absolute atomic E-state index is 11.9. The van der Waals surface area contributed by atoms with E-state index in [0.29, 0.717) is 5.16 Å². The highest BCUT2D eigenvalue weighted by Gasteiger charge is 2.49. The summed E-state index contributed by atoms with van der Waals surface area (Å²) in [5, 5.41) is -0.556. The number of carbonyl (C=O) groups is 3. The van der Waals surface area contributed by atoms with Gasteiger partial charge in [-0.15, -0.1) is 0 Å². The number of fused-ring (bicyclic) bond motifs is 1. The molecule has 0 aliphatic carbocycles. The predicted molar refractivity (Wildman–Crippen MR) is 77.3 cm³/mol. The van der Waals surface area contributed by atoms with Gasteiger partial charge in [0.2, 0.25) is 6.10 Å². The maximum atomic E-state index is 11.9. The summed E-state index contributed by atoms with van der Waals surface area (Å²) in [6.07, 6.45) is -1.24. The summed E-state index contributed by atoms with van der Waals surface area (Å²) in [4.78, 5) is 42.5. The highest BCUT2D eigenvalue weighted by molar-refractivity contribution is 8.00. The summed E-state index contributed by atoms with van der Waals surface area (Å²) in [5.41, 5.74) is 1.53. The quantitative estimate of drug-likeness (QED) is 0.665. The van der Waals surface area contributed by atoms with Gasteiger partial charge in [0, 0.05) is 0 Å². The Morgan fingerprint density at radius 1 is 1.41 bits per heavy atom. The molecular formula is C14H12N2O5S. The number of nitrogens with one attached hydrogen (secondary N) is 1. The molecular weight excluding hydrogens is 308 g/mol. The Morgan fingerprint density at radius 3 is 2.91 bits per heavy atom. The second-order valence-corrected chi connectivity index (χ2v) is 5.67. The summed E-state index contributed by atoms with van der Waals surface area (Å²) >= 11 is 0.988. The molecule has 0 bridgehead atoms. The number of hydrogen-bond acceptors (Lipinski definition) is 7. The molecule has 0 amide bonds. The van der Waals surface area contributed by atoms with E-state index in [0.717, 1.165) is 22.8 Å². The van der Waals surface area contributed by atoms with Gasteiger partial charge in [0.1, 0.15) is 5.25 Å². The minimum Gasteiger partial charge on any atom is -0.463 e. The first-order valence-electron chi connectivity index (χ1n) is 6.63. The summed E-state index contributed by atoms with van der Waals surface area (Å²) in [7, 11) is 0. The van der Waals surface area contributed by atoms with Crippen molar-refractivity contribution in [1.82, 2.24) is 9.97 Å². The number of rotatable bonds is 4. The van der Waals surface area contributed by atoms with Crippen molar-refractivity contribution >= 4 is 40.5 Å². The van der Waals surface area contributed by atoms with Gasteiger partial charge in [0.25, 0.3) is 5.78 Å². The average Bonchev–Trinajstić information content (AvgIpc) is 3.03. The molecule has 2 atom stereocenters. The van der Waals surface area contributed by atoms with E-state index in [2.05, 4.69) is 9.97 Å². The molecule has 22 heavy (non-hydrogen) atoms. The molecule has 0 radical (unpaired) electrons. The van der Waals surface area contributed by atoms with Crippen LogP contribution in [0.5, 0.6) is 0 Å². The Labute approximate surface area is 129 Å². The number of H-pyrrole nitrogens is 1. The van der Waals surface area contributed by atoms with E-state index in [1.54, 1.807) is 6.92 Å². The molecule has 0 spiro atoms. The van der Waals surface area contributed by atoms with Crippen molar-refractivity contribution in [3.63, 3.8) is 0 Å². The number of benzene rings is 1. The van der Waals surface area contributed by atoms with Crippen LogP contribution in [0, 0.1) is 0 Å². The van der Waals surface area contributed by atoms with Gasteiger partial charge in [-0.25, -0.2) is 14.6 Å². The third kappa shape index (κ3) is 2.57. The maximum Gasteiger partial charge on any atom is 0.376 e. The second-order valence-electron chi connectivity index (χ2n) is 4.54. The van der Waals surface area contributed by atoms with E-state index < -0.39 is 29.1 Å². The monoisotopic (exact) mass is 320 g/mol. The van der Waals surface area contributed by atoms with Crippen LogP contribution in [-0.4, -0.2) is 45.7 Å². The minimum atomic E-state index is -1.24. The number of carbonyl (C=O) groups excluding carboxylic acids is 3. The van der Waals surface area contributed by atoms with Crippen LogP contribution in [-0.2, 0) is 23.9 Å². The van der Waals surface area contributed by atoms with Gasteiger partial charge in [-0.1, -0.05) is 23.9 Å². The van der Waals surface area contributed by atoms with Crippen molar-refractivity contribution in [1.29, 1.82) is 0 Å². The van der Waals surface area contributed by atoms with Gasteiger partial charge in [0.15, 0.2) is 5.16 Å². The lowest BCUT2D eigenvalue weighted by Gasteiger charge is -2.12. The molecule has 1 aromatic carbocycles. The Hall–Kier alpha value is -2.35. The number of imidazole rings is 1. The molecule has 2 heterocycles. The summed E-state index contributed by atoms with van der Waals surface area (Å²) < 4.78 is 9.66. The SMILES string of the molecule is CCOC(=O)C1OC(=O)C(=O)C1Sc1nc2ccccc2[nH]1. The van der Waals surface area contributed by atoms with E-state index >= 15 is 0 Å². The molecule has 1 aromatic heterocycles. The Bertz CT molecular complexity index is 724. The lowest BCUT2D eigenvalue weighted by Crippen LogP contribution is -2.33. The van der Waals surface area contributed by atoms with Gasteiger partial charge in [-0.3, -0.25) is 4.79 Å². The molecule has 1 fully saturated rings. The first-order valence-corrected chi connectivity index (χ1v) is 7.51. The number of Topliss-reactive ketones (excluding diaryl/α,β-unsaturated/α-hetero) is 1. The molecule has 0 saturated carbocycles. The highest BCUT2D eigenvalue weighted by Crippen LogP contribution is 2.31. The number of nitrogens with zero attached hydrogens (tertiary/aromatic N) is 1. The summed E-state index contributed by atoms with van der Waals surface area (Å²) in [6, 6.07) is 7.35. The number of cyclic esters (lactones) is 1. The fraction of sp³-hybridized carbons (Fsp3) is 0.286. The van der Waals surface area contributed by atoms with Crippen LogP contribution >= 0.6 is 11.8 Å². The highest BCUT2D eigenvalue weighted by atomic mass is 32.2. The Balaban J connectivity index is 1.85. The lowest BCUT2D eigenvalue weighted by atomic mass is 10.2. The zero-order valence-electron chi connectivity index (χ0n) is 11.6. The number of aromatic amines is 1. The molecule has 1 saturated heterocycles. The molecule has 2 aromatic rings. The van der Waals surface area contributed by atoms with Crippen molar-refractivity contribution in [3.05, 3.63) is 24.3 Å². The number of esters is 2. The van der Waals surface area contributed by atoms with Crippen LogP contribution < -0.4 is 0 Å². The van der Waals surface area contributed by atoms with Gasteiger partial charge in [0.05, 0.1) is 17.6 Å². The number of para-hydroxylation sites is 2. The molecule has 1 aliphatic heterocycles. The third-order valence-corrected chi connectivity index (χ3v) is 4.23. The zero-order chi connectivity index (χ0) is 15.7. The number of aromatic nitrogens is 2. The molecule has 3 rings (SSSR count). The van der Waals surface area contributed by atoms with Crippen LogP contribution in [0.15, 0.2) is 29.4 Å². The van der Waals surface area contributed by atoms with E-state index in [4.69, 9.17) is 9.47 Å². The molecule has 114 valence electrons. The van der Waals surface area contributed by atoms with E-state index in [9.17, 15) is 14.4 Å². The first-order chi connectivity index (χ1) is 10.6. The minimum absolute atomic E-state index is 0.142. The van der Waals surface area contributed by atoms with Crippen LogP contribution in [0.1, 0.15) is 6.92 Å². The fourth-order valence-electron chi connectivity index (χ4n) is 2.11. The van der Waals surface area contributed by atoms with Gasteiger partial charge in [-0.05, 0) is 19.1 Å². The van der Waals surface area contributed by atoms with Crippen molar-refractivity contribution in [2.75, 3.05) is 6.61 Å². The molecule has 1 N–H and O–H groups in total. The van der Waals surface area contributed by atoms with Crippen molar-refractivity contribution in [2.45, 2.75) is 23.4 Å². The fourth-order valence-corrected chi connectivity index (χ4v) is 3.16. The van der Waals surface area contributed by atoms with Crippen LogP contribution in [0.3, 0.4) is 0 Å². The smallest absolute Gasteiger partial charge is 0.376 e. The van der Waals surface area contributed by atoms with Gasteiger partial charge >= 0.3 is 11.9 Å². The predicted octanol–water partition coefficient (Wildman–Crippen LogP) is 1.08. The number of thioether (sulfide) groups is 1. The Morgan fingerprint density at radius 2 is 2.18 bits per heavy atom. The Kier molecular flexibility index (Phi) is 3.84. The van der Waals surface area contributed by atoms with Crippen LogP contribution in [0.25, 0.3) is 11.0 Å². The normalized spacial score (nSPS) is 21.1. The molecule has 7 nitrogen and oxygen atoms in total. The lowest BCUT2D eigenvalue weighted by molar-refractivity contribution is -0.161. The summed E-state index contributed by atoms with van der Waals surface area (Å²) in [6.45, 7) is 1.78. The van der Waals surface area contributed by atoms with E-state index in [1.807, 2.05) is 24.3 Å². The van der Waals surface area contributed by atoms with Crippen LogP contribution in [0.2, 0.25) is 0 Å². The topological polar surface area (TPSA) is 98.3 Å². The van der Waals surface area contributed by atoms with Crippen molar-refractivity contribution in [3.8, 4) is 0 Å². The van der Waals surface area contributed by atoms with Gasteiger partial charge < -0.3 is 14.5 Å². The first kappa shape index (κ1) is 14.6. The number of ketones is 1. The zero-order valence-corrected chi connectivity index (χ0v) is 12.4. The second kappa shape index (κ2) is 5.80. The number of ether oxygens (including phenoxy) is 2. The van der Waals surface area contributed by atoms with Gasteiger partial charge in [-0.2, -0.15) is 0 Å². The summed E-state index contributed by atoms with van der Waals surface area (Å²) in [5.74, 6) is -2.51.